The van der Waals surface area contributed by atoms with Crippen molar-refractivity contribution in [2.24, 2.45) is 5.11 Å². The lowest BCUT2D eigenvalue weighted by atomic mass is 10.2. The lowest BCUT2D eigenvalue weighted by molar-refractivity contribution is 0.0951. The molecular weight excluding hydrogens is 240 g/mol. The first-order chi connectivity index (χ1) is 9.29. The van der Waals surface area contributed by atoms with E-state index >= 15 is 0 Å². The van der Waals surface area contributed by atoms with Gasteiger partial charge in [-0.1, -0.05) is 47.6 Å². The molecule has 0 aliphatic rings. The molecule has 0 unspecified atom stereocenters. The van der Waals surface area contributed by atoms with Crippen LogP contribution in [0.2, 0.25) is 0 Å². The summed E-state index contributed by atoms with van der Waals surface area (Å²) in [5.41, 5.74) is 10.4. The molecule has 0 radical (unpaired) electrons. The summed E-state index contributed by atoms with van der Waals surface area (Å²) in [5, 5.41) is 6.27. The third-order valence-electron chi connectivity index (χ3n) is 2.59. The van der Waals surface area contributed by atoms with Gasteiger partial charge in [0.05, 0.1) is 0 Å². The van der Waals surface area contributed by atoms with Crippen molar-refractivity contribution in [3.05, 3.63) is 76.2 Å². The fourth-order valence-corrected chi connectivity index (χ4v) is 1.61. The predicted octanol–water partition coefficient (Wildman–Crippen LogP) is 3.56. The number of carbonyl (C=O) groups is 1. The van der Waals surface area contributed by atoms with Crippen molar-refractivity contribution < 1.29 is 4.79 Å². The van der Waals surface area contributed by atoms with E-state index in [1.54, 1.807) is 24.3 Å². The molecule has 0 atom stereocenters. The van der Waals surface area contributed by atoms with E-state index in [1.165, 1.54) is 0 Å². The summed E-state index contributed by atoms with van der Waals surface area (Å²) in [6, 6.07) is 16.2. The number of rotatable bonds is 4. The Morgan fingerprint density at radius 3 is 2.42 bits per heavy atom. The lowest BCUT2D eigenvalue weighted by Crippen LogP contribution is -2.22. The van der Waals surface area contributed by atoms with Gasteiger partial charge in [0.2, 0.25) is 0 Å². The predicted molar refractivity (Wildman–Crippen MR) is 72.9 cm³/mol. The molecular formula is C14H12N4O. The van der Waals surface area contributed by atoms with Gasteiger partial charge in [-0.2, -0.15) is 0 Å². The molecule has 2 aromatic carbocycles. The molecule has 0 heterocycles. The number of hydrogen-bond acceptors (Lipinski definition) is 2. The summed E-state index contributed by atoms with van der Waals surface area (Å²) >= 11 is 0. The second-order valence-corrected chi connectivity index (χ2v) is 3.90. The number of carbonyl (C=O) groups excluding carboxylic acids is 1. The second kappa shape index (κ2) is 6.23. The van der Waals surface area contributed by atoms with E-state index in [1.807, 2.05) is 30.3 Å². The van der Waals surface area contributed by atoms with E-state index in [4.69, 9.17) is 5.53 Å². The number of amides is 1. The molecule has 94 valence electrons. The van der Waals surface area contributed by atoms with Crippen LogP contribution in [0, 0.1) is 0 Å². The smallest absolute Gasteiger partial charge is 0.251 e. The molecule has 1 N–H and O–H groups in total. The van der Waals surface area contributed by atoms with Crippen molar-refractivity contribution in [1.82, 2.24) is 5.32 Å². The minimum Gasteiger partial charge on any atom is -0.348 e. The summed E-state index contributed by atoms with van der Waals surface area (Å²) < 4.78 is 0. The Morgan fingerprint density at radius 2 is 1.79 bits per heavy atom. The van der Waals surface area contributed by atoms with Crippen LogP contribution >= 0.6 is 0 Å². The molecule has 0 aromatic heterocycles. The Hall–Kier alpha value is -2.78. The van der Waals surface area contributed by atoms with Gasteiger partial charge in [0.15, 0.2) is 0 Å². The Balaban J connectivity index is 1.98. The second-order valence-electron chi connectivity index (χ2n) is 3.90. The largest absolute Gasteiger partial charge is 0.348 e. The molecule has 0 bridgehead atoms. The van der Waals surface area contributed by atoms with Crippen LogP contribution in [-0.4, -0.2) is 5.91 Å². The summed E-state index contributed by atoms with van der Waals surface area (Å²) in [5.74, 6) is -0.156. The van der Waals surface area contributed by atoms with Gasteiger partial charge >= 0.3 is 0 Å². The Bertz CT molecular complexity index is 601. The van der Waals surface area contributed by atoms with Gasteiger partial charge in [-0.3, -0.25) is 4.79 Å². The van der Waals surface area contributed by atoms with Crippen molar-refractivity contribution in [2.45, 2.75) is 6.54 Å². The van der Waals surface area contributed by atoms with E-state index < -0.39 is 0 Å². The maximum absolute atomic E-state index is 11.9. The van der Waals surface area contributed by atoms with E-state index in [0.717, 1.165) is 5.56 Å². The number of azide groups is 1. The monoisotopic (exact) mass is 252 g/mol. The molecule has 0 aliphatic heterocycles. The average Bonchev–Trinajstić information content (AvgIpc) is 2.47. The zero-order chi connectivity index (χ0) is 13.5. The van der Waals surface area contributed by atoms with Crippen molar-refractivity contribution in [2.75, 3.05) is 0 Å². The SMILES string of the molecule is [N-]=[N+]=Nc1ccc(C(=O)NCc2ccccc2)cc1. The Morgan fingerprint density at radius 1 is 1.11 bits per heavy atom. The third kappa shape index (κ3) is 3.59. The van der Waals surface area contributed by atoms with Gasteiger partial charge in [-0.15, -0.1) is 0 Å². The standard InChI is InChI=1S/C14H12N4O/c15-18-17-13-8-6-12(7-9-13)14(19)16-10-11-4-2-1-3-5-11/h1-9H,10H2,(H,16,19). The number of nitrogens with one attached hydrogen (secondary N) is 1. The highest BCUT2D eigenvalue weighted by Crippen LogP contribution is 2.13. The summed E-state index contributed by atoms with van der Waals surface area (Å²) in [7, 11) is 0. The molecule has 2 aromatic rings. The quantitative estimate of drug-likeness (QED) is 0.504. The zero-order valence-corrected chi connectivity index (χ0v) is 10.2. The highest BCUT2D eigenvalue weighted by molar-refractivity contribution is 5.94. The van der Waals surface area contributed by atoms with E-state index in [2.05, 4.69) is 15.3 Å². The molecule has 0 fully saturated rings. The van der Waals surface area contributed by atoms with E-state index in [-0.39, 0.29) is 5.91 Å². The average molecular weight is 252 g/mol. The van der Waals surface area contributed by atoms with Crippen LogP contribution in [0.25, 0.3) is 10.4 Å². The molecule has 0 saturated heterocycles. The van der Waals surface area contributed by atoms with Crippen molar-refractivity contribution >= 4 is 11.6 Å². The zero-order valence-electron chi connectivity index (χ0n) is 10.2. The minimum absolute atomic E-state index is 0.156. The maximum Gasteiger partial charge on any atom is 0.251 e. The first kappa shape index (κ1) is 12.7. The first-order valence-corrected chi connectivity index (χ1v) is 5.77. The molecule has 5 heteroatoms. The number of benzene rings is 2. The normalized spacial score (nSPS) is 9.47. The van der Waals surface area contributed by atoms with Crippen LogP contribution in [0.3, 0.4) is 0 Å². The van der Waals surface area contributed by atoms with Gasteiger partial charge in [0.25, 0.3) is 5.91 Å². The van der Waals surface area contributed by atoms with Crippen molar-refractivity contribution in [1.29, 1.82) is 0 Å². The summed E-state index contributed by atoms with van der Waals surface area (Å²) in [6.45, 7) is 0.484. The third-order valence-corrected chi connectivity index (χ3v) is 2.59. The van der Waals surface area contributed by atoms with Crippen LogP contribution in [0.5, 0.6) is 0 Å². The molecule has 1 amide bonds. The molecule has 2 rings (SSSR count). The van der Waals surface area contributed by atoms with Crippen LogP contribution < -0.4 is 5.32 Å². The minimum atomic E-state index is -0.156. The number of hydrogen-bond donors (Lipinski definition) is 1. The van der Waals surface area contributed by atoms with Gasteiger partial charge < -0.3 is 5.32 Å². The van der Waals surface area contributed by atoms with Crippen LogP contribution in [0.4, 0.5) is 5.69 Å². The fraction of sp³-hybridized carbons (Fsp3) is 0.0714. The van der Waals surface area contributed by atoms with E-state index in [9.17, 15) is 4.79 Å². The van der Waals surface area contributed by atoms with Crippen molar-refractivity contribution in [3.8, 4) is 0 Å². The molecule has 0 spiro atoms. The fourth-order valence-electron chi connectivity index (χ4n) is 1.61. The molecule has 19 heavy (non-hydrogen) atoms. The maximum atomic E-state index is 11.9. The summed E-state index contributed by atoms with van der Waals surface area (Å²) in [6.07, 6.45) is 0. The molecule has 0 saturated carbocycles. The van der Waals surface area contributed by atoms with Gasteiger partial charge in [0, 0.05) is 22.7 Å². The Labute approximate surface area is 110 Å². The van der Waals surface area contributed by atoms with Crippen molar-refractivity contribution in [3.63, 3.8) is 0 Å². The Kier molecular flexibility index (Phi) is 4.16. The molecule has 5 nitrogen and oxygen atoms in total. The van der Waals surface area contributed by atoms with E-state index in [0.29, 0.717) is 17.8 Å². The highest BCUT2D eigenvalue weighted by Gasteiger charge is 2.04. The summed E-state index contributed by atoms with van der Waals surface area (Å²) in [4.78, 5) is 14.6. The lowest BCUT2D eigenvalue weighted by Gasteiger charge is -2.05. The molecule has 0 aliphatic carbocycles. The number of nitrogens with zero attached hydrogens (tertiary/aromatic N) is 3. The van der Waals surface area contributed by atoms with Gasteiger partial charge in [-0.05, 0) is 23.2 Å². The van der Waals surface area contributed by atoms with Crippen LogP contribution in [0.1, 0.15) is 15.9 Å². The van der Waals surface area contributed by atoms with Crippen LogP contribution in [0.15, 0.2) is 59.7 Å². The highest BCUT2D eigenvalue weighted by atomic mass is 16.1. The first-order valence-electron chi connectivity index (χ1n) is 5.77. The topological polar surface area (TPSA) is 77.9 Å². The van der Waals surface area contributed by atoms with Crippen LogP contribution in [-0.2, 0) is 6.54 Å². The van der Waals surface area contributed by atoms with Gasteiger partial charge in [0.1, 0.15) is 0 Å². The van der Waals surface area contributed by atoms with Gasteiger partial charge in [-0.25, -0.2) is 0 Å².